The van der Waals surface area contributed by atoms with Crippen LogP contribution in [0.5, 0.6) is 11.5 Å². The van der Waals surface area contributed by atoms with Crippen LogP contribution in [0.1, 0.15) is 48.7 Å². The minimum absolute atomic E-state index is 0.159. The van der Waals surface area contributed by atoms with Crippen molar-refractivity contribution in [3.05, 3.63) is 59.2 Å². The Bertz CT molecular complexity index is 810. The minimum atomic E-state index is -4.55. The summed E-state index contributed by atoms with van der Waals surface area (Å²) in [7, 11) is 0. The zero-order valence-corrected chi connectivity index (χ0v) is 16.2. The van der Waals surface area contributed by atoms with Gasteiger partial charge in [-0.1, -0.05) is 26.8 Å². The van der Waals surface area contributed by atoms with Gasteiger partial charge in [-0.05, 0) is 60.3 Å². The Morgan fingerprint density at radius 2 is 1.71 bits per heavy atom. The Balaban J connectivity index is 2.14. The SMILES string of the molecule is CC(C)(C)CCNCc1ccc(Oc2ccc(C(N)=O)cc2)c(C(F)(F)F)c1. The summed E-state index contributed by atoms with van der Waals surface area (Å²) in [6, 6.07) is 9.62. The maximum Gasteiger partial charge on any atom is 0.419 e. The second-order valence-electron chi connectivity index (χ2n) is 7.81. The molecule has 0 fully saturated rings. The lowest BCUT2D eigenvalue weighted by molar-refractivity contribution is -0.138. The first kappa shape index (κ1) is 21.8. The number of carbonyl (C=O) groups excluding carboxylic acids is 1. The molecule has 0 aliphatic carbocycles. The molecule has 2 aromatic carbocycles. The van der Waals surface area contributed by atoms with Crippen LogP contribution in [0.4, 0.5) is 13.2 Å². The third-order valence-electron chi connectivity index (χ3n) is 4.10. The number of halogens is 3. The van der Waals surface area contributed by atoms with Crippen molar-refractivity contribution in [1.82, 2.24) is 5.32 Å². The van der Waals surface area contributed by atoms with Gasteiger partial charge in [0.25, 0.3) is 0 Å². The highest BCUT2D eigenvalue weighted by molar-refractivity contribution is 5.92. The highest BCUT2D eigenvalue weighted by Gasteiger charge is 2.35. The van der Waals surface area contributed by atoms with Gasteiger partial charge < -0.3 is 15.8 Å². The van der Waals surface area contributed by atoms with Crippen molar-refractivity contribution in [2.24, 2.45) is 11.1 Å². The van der Waals surface area contributed by atoms with Crippen molar-refractivity contribution in [3.63, 3.8) is 0 Å². The van der Waals surface area contributed by atoms with E-state index >= 15 is 0 Å². The summed E-state index contributed by atoms with van der Waals surface area (Å²) in [5, 5.41) is 3.17. The van der Waals surface area contributed by atoms with E-state index in [1.807, 2.05) is 0 Å². The number of primary amides is 1. The maximum atomic E-state index is 13.5. The maximum absolute atomic E-state index is 13.5. The van der Waals surface area contributed by atoms with E-state index in [0.717, 1.165) is 19.0 Å². The molecule has 2 aromatic rings. The highest BCUT2D eigenvalue weighted by Crippen LogP contribution is 2.38. The number of nitrogens with two attached hydrogens (primary N) is 1. The van der Waals surface area contributed by atoms with Crippen molar-refractivity contribution < 1.29 is 22.7 Å². The molecule has 2 rings (SSSR count). The van der Waals surface area contributed by atoms with Crippen LogP contribution >= 0.6 is 0 Å². The van der Waals surface area contributed by atoms with Crippen LogP contribution in [0.3, 0.4) is 0 Å². The second kappa shape index (κ2) is 8.65. The van der Waals surface area contributed by atoms with Gasteiger partial charge in [-0.2, -0.15) is 13.2 Å². The molecule has 0 aliphatic heterocycles. The summed E-state index contributed by atoms with van der Waals surface area (Å²) in [6.45, 7) is 7.39. The number of benzene rings is 2. The monoisotopic (exact) mass is 394 g/mol. The van der Waals surface area contributed by atoms with E-state index in [-0.39, 0.29) is 22.5 Å². The molecule has 0 heterocycles. The van der Waals surface area contributed by atoms with Crippen LogP contribution in [0.2, 0.25) is 0 Å². The molecule has 0 aliphatic rings. The third-order valence-corrected chi connectivity index (χ3v) is 4.10. The molecule has 1 amide bonds. The number of nitrogens with one attached hydrogen (secondary N) is 1. The Morgan fingerprint density at radius 3 is 2.25 bits per heavy atom. The molecule has 0 saturated heterocycles. The van der Waals surface area contributed by atoms with E-state index in [1.165, 1.54) is 30.3 Å². The lowest BCUT2D eigenvalue weighted by Crippen LogP contribution is -2.20. The fourth-order valence-corrected chi connectivity index (χ4v) is 2.51. The molecule has 0 saturated carbocycles. The fourth-order valence-electron chi connectivity index (χ4n) is 2.51. The molecule has 0 spiro atoms. The second-order valence-corrected chi connectivity index (χ2v) is 7.81. The normalized spacial score (nSPS) is 12.1. The number of hydrogen-bond acceptors (Lipinski definition) is 3. The Labute approximate surface area is 162 Å². The summed E-state index contributed by atoms with van der Waals surface area (Å²) in [4.78, 5) is 11.1. The van der Waals surface area contributed by atoms with Crippen molar-refractivity contribution in [3.8, 4) is 11.5 Å². The number of hydrogen-bond donors (Lipinski definition) is 2. The Kier molecular flexibility index (Phi) is 6.72. The molecule has 0 aromatic heterocycles. The average molecular weight is 394 g/mol. The number of amides is 1. The van der Waals surface area contributed by atoms with Gasteiger partial charge >= 0.3 is 6.18 Å². The van der Waals surface area contributed by atoms with Crippen LogP contribution in [0, 0.1) is 5.41 Å². The van der Waals surface area contributed by atoms with E-state index in [1.54, 1.807) is 6.07 Å². The lowest BCUT2D eigenvalue weighted by Gasteiger charge is -2.18. The molecule has 0 atom stereocenters. The standard InChI is InChI=1S/C21H25F3N2O2/c1-20(2,3)10-11-26-13-14-4-9-18(17(12-14)21(22,23)24)28-16-7-5-15(6-8-16)19(25)27/h4-9,12,26H,10-11,13H2,1-3H3,(H2,25,27). The van der Waals surface area contributed by atoms with Crippen LogP contribution < -0.4 is 15.8 Å². The topological polar surface area (TPSA) is 64.3 Å². The summed E-state index contributed by atoms with van der Waals surface area (Å²) < 4.78 is 45.9. The number of rotatable bonds is 7. The van der Waals surface area contributed by atoms with Gasteiger partial charge in [0.15, 0.2) is 0 Å². The van der Waals surface area contributed by atoms with Crippen LogP contribution in [-0.4, -0.2) is 12.5 Å². The van der Waals surface area contributed by atoms with E-state index in [0.29, 0.717) is 12.1 Å². The number of carbonyl (C=O) groups is 1. The van der Waals surface area contributed by atoms with Gasteiger partial charge in [-0.3, -0.25) is 4.79 Å². The molecule has 3 N–H and O–H groups in total. The lowest BCUT2D eigenvalue weighted by atomic mass is 9.92. The largest absolute Gasteiger partial charge is 0.457 e. The van der Waals surface area contributed by atoms with Crippen LogP contribution in [-0.2, 0) is 12.7 Å². The first-order chi connectivity index (χ1) is 13.0. The van der Waals surface area contributed by atoms with E-state index in [9.17, 15) is 18.0 Å². The zero-order chi connectivity index (χ0) is 20.9. The zero-order valence-electron chi connectivity index (χ0n) is 16.2. The molecule has 4 nitrogen and oxygen atoms in total. The molecular formula is C21H25F3N2O2. The Hall–Kier alpha value is -2.54. The van der Waals surface area contributed by atoms with Crippen molar-refractivity contribution in [2.75, 3.05) is 6.54 Å². The molecule has 7 heteroatoms. The van der Waals surface area contributed by atoms with Crippen molar-refractivity contribution in [2.45, 2.75) is 39.9 Å². The molecule has 0 unspecified atom stereocenters. The van der Waals surface area contributed by atoms with Gasteiger partial charge in [-0.25, -0.2) is 0 Å². The van der Waals surface area contributed by atoms with E-state index in [4.69, 9.17) is 10.5 Å². The summed E-state index contributed by atoms with van der Waals surface area (Å²) in [5.41, 5.74) is 5.24. The first-order valence-electron chi connectivity index (χ1n) is 8.94. The number of alkyl halides is 3. The summed E-state index contributed by atoms with van der Waals surface area (Å²) in [6.07, 6.45) is -3.63. The van der Waals surface area contributed by atoms with Crippen molar-refractivity contribution in [1.29, 1.82) is 0 Å². The number of ether oxygens (including phenoxy) is 1. The smallest absolute Gasteiger partial charge is 0.419 e. The van der Waals surface area contributed by atoms with Crippen LogP contribution in [0.25, 0.3) is 0 Å². The van der Waals surface area contributed by atoms with Gasteiger partial charge in [-0.15, -0.1) is 0 Å². The van der Waals surface area contributed by atoms with Crippen molar-refractivity contribution >= 4 is 5.91 Å². The van der Waals surface area contributed by atoms with E-state index < -0.39 is 17.6 Å². The predicted octanol–water partition coefficient (Wildman–Crippen LogP) is 5.12. The predicted molar refractivity (Wildman–Crippen MR) is 102 cm³/mol. The van der Waals surface area contributed by atoms with Gasteiger partial charge in [0.1, 0.15) is 11.5 Å². The molecular weight excluding hydrogens is 369 g/mol. The quantitative estimate of drug-likeness (QED) is 0.641. The fraction of sp³-hybridized carbons (Fsp3) is 0.381. The average Bonchev–Trinajstić information content (AvgIpc) is 2.58. The third kappa shape index (κ3) is 6.56. The highest BCUT2D eigenvalue weighted by atomic mass is 19.4. The Morgan fingerprint density at radius 1 is 1.07 bits per heavy atom. The van der Waals surface area contributed by atoms with Gasteiger partial charge in [0.2, 0.25) is 5.91 Å². The molecule has 152 valence electrons. The summed E-state index contributed by atoms with van der Waals surface area (Å²) in [5.74, 6) is -0.727. The van der Waals surface area contributed by atoms with Gasteiger partial charge in [0, 0.05) is 12.1 Å². The molecule has 28 heavy (non-hydrogen) atoms. The first-order valence-corrected chi connectivity index (χ1v) is 8.94. The van der Waals surface area contributed by atoms with Crippen LogP contribution in [0.15, 0.2) is 42.5 Å². The summed E-state index contributed by atoms with van der Waals surface area (Å²) >= 11 is 0. The van der Waals surface area contributed by atoms with E-state index in [2.05, 4.69) is 26.1 Å². The molecule has 0 bridgehead atoms. The minimum Gasteiger partial charge on any atom is -0.457 e. The molecule has 0 radical (unpaired) electrons. The van der Waals surface area contributed by atoms with Gasteiger partial charge in [0.05, 0.1) is 5.56 Å².